The highest BCUT2D eigenvalue weighted by molar-refractivity contribution is 7.98. The molecule has 2 fully saturated rings. The zero-order valence-electron chi connectivity index (χ0n) is 25.3. The summed E-state index contributed by atoms with van der Waals surface area (Å²) in [6.07, 6.45) is 4.86. The molecule has 6 nitrogen and oxygen atoms in total. The molecule has 2 aliphatic heterocycles. The minimum absolute atomic E-state index is 0.0351. The Labute approximate surface area is 253 Å². The van der Waals surface area contributed by atoms with Gasteiger partial charge in [-0.1, -0.05) is 64.1 Å². The first-order valence-electron chi connectivity index (χ1n) is 15.1. The molecule has 0 aliphatic carbocycles. The normalized spacial score (nSPS) is 19.9. The second-order valence-corrected chi connectivity index (χ2v) is 10.7. The van der Waals surface area contributed by atoms with Crippen molar-refractivity contribution in [2.45, 2.75) is 76.7 Å². The van der Waals surface area contributed by atoms with Gasteiger partial charge in [0.05, 0.1) is 30.4 Å². The Morgan fingerprint density at radius 3 is 2.21 bits per heavy atom. The van der Waals surface area contributed by atoms with E-state index >= 15 is 4.39 Å². The zero-order chi connectivity index (χ0) is 30.1. The lowest BCUT2D eigenvalue weighted by Gasteiger charge is -2.27. The second kappa shape index (κ2) is 15.5. The van der Waals surface area contributed by atoms with E-state index < -0.39 is 0 Å². The molecule has 226 valence electrons. The molecule has 4 aromatic rings. The van der Waals surface area contributed by atoms with Crippen LogP contribution < -0.4 is 4.74 Å². The third kappa shape index (κ3) is 7.17. The minimum atomic E-state index is -0.388. The van der Waals surface area contributed by atoms with Crippen LogP contribution in [0.2, 0.25) is 0 Å². The number of nitrogens with zero attached hydrogens (tertiary/aromatic N) is 2. The fraction of sp³-hybridized carbons (Fsp3) is 0.441. The van der Waals surface area contributed by atoms with Crippen molar-refractivity contribution in [2.75, 3.05) is 26.1 Å². The Bertz CT molecular complexity index is 1400. The van der Waals surface area contributed by atoms with Crippen molar-refractivity contribution in [3.05, 3.63) is 66.5 Å². The summed E-state index contributed by atoms with van der Waals surface area (Å²) < 4.78 is 35.5. The molecule has 0 bridgehead atoms. The highest BCUT2D eigenvalue weighted by Gasteiger charge is 2.30. The number of rotatable bonds is 7. The van der Waals surface area contributed by atoms with Crippen molar-refractivity contribution in [1.29, 1.82) is 0 Å². The Kier molecular flexibility index (Phi) is 11.8. The van der Waals surface area contributed by atoms with Crippen LogP contribution in [0.1, 0.15) is 59.6 Å². The average Bonchev–Trinajstić information content (AvgIpc) is 3.66. The van der Waals surface area contributed by atoms with Crippen molar-refractivity contribution in [1.82, 2.24) is 9.55 Å². The molecule has 8 heteroatoms. The van der Waals surface area contributed by atoms with Gasteiger partial charge >= 0.3 is 0 Å². The predicted molar refractivity (Wildman–Crippen MR) is 170 cm³/mol. The molecule has 2 aromatic carbocycles. The smallest absolute Gasteiger partial charge is 0.198 e. The molecule has 1 N–H and O–H groups in total. The van der Waals surface area contributed by atoms with E-state index in [0.29, 0.717) is 47.8 Å². The molecular formula is C34H43FN2O4S. The quantitative estimate of drug-likeness (QED) is 0.216. The van der Waals surface area contributed by atoms with E-state index in [2.05, 4.69) is 30.5 Å². The summed E-state index contributed by atoms with van der Waals surface area (Å²) in [4.78, 5) is 5.96. The number of pyridine rings is 1. The number of aromatic nitrogens is 2. The van der Waals surface area contributed by atoms with Crippen LogP contribution >= 0.6 is 11.8 Å². The van der Waals surface area contributed by atoms with Crippen molar-refractivity contribution >= 4 is 22.8 Å². The van der Waals surface area contributed by atoms with Crippen molar-refractivity contribution in [2.24, 2.45) is 0 Å². The lowest BCUT2D eigenvalue weighted by Crippen LogP contribution is -2.23. The molecule has 3 atom stereocenters. The summed E-state index contributed by atoms with van der Waals surface area (Å²) in [6, 6.07) is 19.6. The summed E-state index contributed by atoms with van der Waals surface area (Å²) in [5, 5.41) is 9.44. The van der Waals surface area contributed by atoms with E-state index in [-0.39, 0.29) is 30.9 Å². The lowest BCUT2D eigenvalue weighted by atomic mass is 10.0. The maximum Gasteiger partial charge on any atom is 0.198 e. The third-order valence-corrected chi connectivity index (χ3v) is 8.05. The molecule has 4 heterocycles. The summed E-state index contributed by atoms with van der Waals surface area (Å²) >= 11 is 1.71. The standard InChI is InChI=1S/C30H31FN2O4S.2C2H6/c1-38-24-11-9-20(10-12-24)19-5-7-21(8-6-19)30-25(31)15-27-26(32-30)16-29(33(27)28-4-2-3-13-35-28)37-23-14-22(17-34)36-18-23;2*1-2/h5-12,15-16,22-23,28,34H,2-4,13-14,17-18H2,1H3;2*1-2H3/t22?,23-,28?;;/m0../s1. The van der Waals surface area contributed by atoms with Crippen LogP contribution in [0.15, 0.2) is 65.6 Å². The Balaban J connectivity index is 0.000000972. The third-order valence-electron chi connectivity index (χ3n) is 7.30. The monoisotopic (exact) mass is 594 g/mol. The van der Waals surface area contributed by atoms with Crippen LogP contribution in [0.4, 0.5) is 4.39 Å². The van der Waals surface area contributed by atoms with Crippen LogP contribution in [0.5, 0.6) is 5.88 Å². The topological polar surface area (TPSA) is 65.7 Å². The Morgan fingerprint density at radius 1 is 0.952 bits per heavy atom. The molecule has 2 aromatic heterocycles. The zero-order valence-corrected chi connectivity index (χ0v) is 26.1. The Hall–Kier alpha value is -2.91. The van der Waals surface area contributed by atoms with Crippen molar-refractivity contribution in [3.8, 4) is 28.3 Å². The Morgan fingerprint density at radius 2 is 1.62 bits per heavy atom. The summed E-state index contributed by atoms with van der Waals surface area (Å²) in [5.74, 6) is 0.202. The number of aliphatic hydroxyl groups is 1. The summed E-state index contributed by atoms with van der Waals surface area (Å²) in [7, 11) is 0. The SMILES string of the molecule is CC.CC.CSc1ccc(-c2ccc(-c3nc4cc(O[C@@H]5COC(CO)C5)n(C5CCCCO5)c4cc3F)cc2)cc1. The van der Waals surface area contributed by atoms with Crippen LogP contribution in [0.3, 0.4) is 0 Å². The number of hydrogen-bond acceptors (Lipinski definition) is 6. The molecule has 2 saturated heterocycles. The van der Waals surface area contributed by atoms with Crippen molar-refractivity contribution in [3.63, 3.8) is 0 Å². The van der Waals surface area contributed by atoms with Gasteiger partial charge in [-0.05, 0) is 48.8 Å². The van der Waals surface area contributed by atoms with Gasteiger partial charge in [-0.2, -0.15) is 0 Å². The van der Waals surface area contributed by atoms with Gasteiger partial charge in [-0.25, -0.2) is 9.37 Å². The molecule has 0 amide bonds. The van der Waals surface area contributed by atoms with Gasteiger partial charge in [0, 0.05) is 35.6 Å². The van der Waals surface area contributed by atoms with Gasteiger partial charge in [0.2, 0.25) is 0 Å². The second-order valence-electron chi connectivity index (χ2n) is 9.82. The first kappa shape index (κ1) is 32.0. The molecular weight excluding hydrogens is 551 g/mol. The summed E-state index contributed by atoms with van der Waals surface area (Å²) in [5.41, 5.74) is 4.51. The maximum absolute atomic E-state index is 15.6. The molecule has 2 unspecified atom stereocenters. The number of fused-ring (bicyclic) bond motifs is 1. The minimum Gasteiger partial charge on any atom is -0.473 e. The van der Waals surface area contributed by atoms with Crippen LogP contribution in [-0.4, -0.2) is 52.9 Å². The first-order chi connectivity index (χ1) is 20.6. The van der Waals surface area contributed by atoms with E-state index in [1.165, 1.54) is 4.90 Å². The number of aliphatic hydroxyl groups excluding tert-OH is 1. The maximum atomic E-state index is 15.6. The van der Waals surface area contributed by atoms with E-state index in [1.807, 2.05) is 62.6 Å². The predicted octanol–water partition coefficient (Wildman–Crippen LogP) is 8.51. The molecule has 0 radical (unpaired) electrons. The van der Waals surface area contributed by atoms with Gasteiger partial charge in [0.15, 0.2) is 11.7 Å². The number of benzene rings is 2. The van der Waals surface area contributed by atoms with E-state index in [4.69, 9.17) is 19.2 Å². The van der Waals surface area contributed by atoms with Gasteiger partial charge < -0.3 is 19.3 Å². The summed E-state index contributed by atoms with van der Waals surface area (Å²) in [6.45, 7) is 9.02. The van der Waals surface area contributed by atoms with Crippen LogP contribution in [0, 0.1) is 5.82 Å². The molecule has 6 rings (SSSR count). The lowest BCUT2D eigenvalue weighted by molar-refractivity contribution is -0.0350. The molecule has 0 spiro atoms. The van der Waals surface area contributed by atoms with Gasteiger partial charge in [-0.15, -0.1) is 11.8 Å². The van der Waals surface area contributed by atoms with Crippen molar-refractivity contribution < 1.29 is 23.7 Å². The molecule has 2 aliphatic rings. The number of ether oxygens (including phenoxy) is 3. The van der Waals surface area contributed by atoms with Gasteiger partial charge in [-0.3, -0.25) is 4.57 Å². The number of hydrogen-bond donors (Lipinski definition) is 1. The number of halogens is 1. The average molecular weight is 595 g/mol. The molecule has 42 heavy (non-hydrogen) atoms. The molecule has 0 saturated carbocycles. The fourth-order valence-corrected chi connectivity index (χ4v) is 5.68. The highest BCUT2D eigenvalue weighted by atomic mass is 32.2. The van der Waals surface area contributed by atoms with E-state index in [9.17, 15) is 5.11 Å². The van der Waals surface area contributed by atoms with E-state index in [0.717, 1.165) is 30.4 Å². The first-order valence-corrected chi connectivity index (χ1v) is 16.3. The highest BCUT2D eigenvalue weighted by Crippen LogP contribution is 2.37. The van der Waals surface area contributed by atoms with Crippen LogP contribution in [-0.2, 0) is 9.47 Å². The number of thioether (sulfide) groups is 1. The fourth-order valence-electron chi connectivity index (χ4n) is 5.27. The van der Waals surface area contributed by atoms with Gasteiger partial charge in [0.1, 0.15) is 18.0 Å². The van der Waals surface area contributed by atoms with Gasteiger partial charge in [0.25, 0.3) is 0 Å². The largest absolute Gasteiger partial charge is 0.473 e. The van der Waals surface area contributed by atoms with Crippen LogP contribution in [0.25, 0.3) is 33.4 Å². The van der Waals surface area contributed by atoms with E-state index in [1.54, 1.807) is 17.8 Å².